The number of carboxylic acids is 1. The van der Waals surface area contributed by atoms with Gasteiger partial charge in [-0.15, -0.1) is 0 Å². The van der Waals surface area contributed by atoms with Crippen molar-refractivity contribution in [2.24, 2.45) is 0 Å². The lowest BCUT2D eigenvalue weighted by molar-refractivity contribution is 0.0695. The Kier molecular flexibility index (Phi) is 6.86. The van der Waals surface area contributed by atoms with Gasteiger partial charge in [-0.25, -0.2) is 9.78 Å². The number of benzene rings is 1. The van der Waals surface area contributed by atoms with E-state index in [0.717, 1.165) is 6.07 Å². The zero-order valence-electron chi connectivity index (χ0n) is 16.0. The maximum Gasteiger partial charge on any atom is 0.341 e. The van der Waals surface area contributed by atoms with Crippen LogP contribution in [0.1, 0.15) is 28.4 Å². The quantitative estimate of drug-likeness (QED) is 0.498. The average molecular weight is 479 g/mol. The Morgan fingerprint density at radius 3 is 2.55 bits per heavy atom. The molecule has 0 fully saturated rings. The highest BCUT2D eigenvalue weighted by molar-refractivity contribution is 6.41. The lowest BCUT2D eigenvalue weighted by Gasteiger charge is -2.20. The van der Waals surface area contributed by atoms with Crippen molar-refractivity contribution in [3.63, 3.8) is 0 Å². The summed E-state index contributed by atoms with van der Waals surface area (Å²) in [5.41, 5.74) is 0.168. The van der Waals surface area contributed by atoms with Crippen LogP contribution in [0.5, 0.6) is 5.88 Å². The van der Waals surface area contributed by atoms with Crippen LogP contribution in [0.3, 0.4) is 0 Å². The number of rotatable bonds is 6. The van der Waals surface area contributed by atoms with Crippen LogP contribution in [0.15, 0.2) is 41.3 Å². The van der Waals surface area contributed by atoms with E-state index < -0.39 is 17.0 Å². The summed E-state index contributed by atoms with van der Waals surface area (Å²) in [6.45, 7) is 2.09. The van der Waals surface area contributed by atoms with Crippen molar-refractivity contribution < 1.29 is 14.6 Å². The molecule has 31 heavy (non-hydrogen) atoms. The summed E-state index contributed by atoms with van der Waals surface area (Å²) >= 11 is 17.9. The maximum absolute atomic E-state index is 12.7. The van der Waals surface area contributed by atoms with Crippen molar-refractivity contribution in [1.82, 2.24) is 9.55 Å². The van der Waals surface area contributed by atoms with E-state index in [1.807, 2.05) is 6.07 Å². The van der Waals surface area contributed by atoms with Gasteiger partial charge in [0.15, 0.2) is 5.88 Å². The minimum absolute atomic E-state index is 0.0172. The highest BCUT2D eigenvalue weighted by Crippen LogP contribution is 2.30. The highest BCUT2D eigenvalue weighted by Gasteiger charge is 2.23. The van der Waals surface area contributed by atoms with Crippen molar-refractivity contribution in [3.8, 4) is 23.2 Å². The monoisotopic (exact) mass is 477 g/mol. The lowest BCUT2D eigenvalue weighted by Crippen LogP contribution is -2.22. The van der Waals surface area contributed by atoms with Crippen LogP contribution in [-0.2, 0) is 13.2 Å². The number of hydrogen-bond donors (Lipinski definition) is 1. The highest BCUT2D eigenvalue weighted by atomic mass is 35.5. The van der Waals surface area contributed by atoms with Crippen LogP contribution in [0, 0.1) is 11.3 Å². The van der Waals surface area contributed by atoms with E-state index in [9.17, 15) is 14.7 Å². The number of aromatic carboxylic acids is 1. The smallest absolute Gasteiger partial charge is 0.341 e. The molecule has 0 aliphatic rings. The number of halogens is 3. The molecule has 1 aromatic carbocycles. The van der Waals surface area contributed by atoms with Crippen molar-refractivity contribution in [2.75, 3.05) is 0 Å². The molecule has 0 atom stereocenters. The Hall–Kier alpha value is -3.05. The number of ether oxygens (including phenoxy) is 1. The maximum atomic E-state index is 12.7. The standard InChI is InChI=1S/C21H14Cl3N3O4/c1-2-27-17(31-10-11-5-15(23)20(24)26-9-11)7-16(28)18(21(29)30)19(27)12-3-4-13(8-25)14(22)6-12/h3-7,9H,2,10H2,1H3,(H,29,30). The summed E-state index contributed by atoms with van der Waals surface area (Å²) < 4.78 is 7.35. The van der Waals surface area contributed by atoms with Gasteiger partial charge in [0, 0.05) is 29.9 Å². The first kappa shape index (κ1) is 22.6. The van der Waals surface area contributed by atoms with Gasteiger partial charge in [0.2, 0.25) is 5.43 Å². The molecule has 0 spiro atoms. The first-order chi connectivity index (χ1) is 14.8. The van der Waals surface area contributed by atoms with Crippen molar-refractivity contribution in [3.05, 3.63) is 78.6 Å². The van der Waals surface area contributed by atoms with Crippen LogP contribution in [0.25, 0.3) is 11.3 Å². The zero-order valence-corrected chi connectivity index (χ0v) is 18.3. The molecule has 10 heteroatoms. The number of carbonyl (C=O) groups is 1. The first-order valence-electron chi connectivity index (χ1n) is 8.90. The zero-order chi connectivity index (χ0) is 22.7. The Morgan fingerprint density at radius 1 is 1.23 bits per heavy atom. The largest absolute Gasteiger partial charge is 0.477 e. The number of carboxylic acid groups (broad SMARTS) is 1. The third-order valence-corrected chi connectivity index (χ3v) is 5.41. The van der Waals surface area contributed by atoms with Gasteiger partial charge >= 0.3 is 5.97 Å². The topological polar surface area (TPSA) is 105 Å². The molecule has 3 aromatic rings. The van der Waals surface area contributed by atoms with Gasteiger partial charge in [-0.3, -0.25) is 4.79 Å². The fourth-order valence-electron chi connectivity index (χ4n) is 3.01. The number of hydrogen-bond acceptors (Lipinski definition) is 5. The van der Waals surface area contributed by atoms with Crippen molar-refractivity contribution >= 4 is 40.8 Å². The molecule has 0 amide bonds. The normalized spacial score (nSPS) is 10.5. The Labute approximate surface area is 192 Å². The molecular formula is C21H14Cl3N3O4. The fraction of sp³-hybridized carbons (Fsp3) is 0.143. The summed E-state index contributed by atoms with van der Waals surface area (Å²) in [7, 11) is 0. The summed E-state index contributed by atoms with van der Waals surface area (Å²) in [6, 6.07) is 9.08. The van der Waals surface area contributed by atoms with Crippen LogP contribution >= 0.6 is 34.8 Å². The molecule has 0 unspecified atom stereocenters. The molecular weight excluding hydrogens is 465 g/mol. The molecule has 0 saturated heterocycles. The van der Waals surface area contributed by atoms with Crippen LogP contribution in [-0.4, -0.2) is 20.6 Å². The number of nitriles is 1. The predicted molar refractivity (Wildman–Crippen MR) is 117 cm³/mol. The van der Waals surface area contributed by atoms with Crippen LogP contribution in [0.2, 0.25) is 15.2 Å². The Bertz CT molecular complexity index is 1280. The molecule has 0 bridgehead atoms. The Morgan fingerprint density at radius 2 is 1.97 bits per heavy atom. The second kappa shape index (κ2) is 9.40. The minimum atomic E-state index is -1.39. The molecule has 1 N–H and O–H groups in total. The SMILES string of the molecule is CCn1c(OCc2cnc(Cl)c(Cl)c2)cc(=O)c(C(=O)O)c1-c1ccc(C#N)c(Cl)c1. The number of aromatic nitrogens is 2. The van der Waals surface area contributed by atoms with E-state index in [0.29, 0.717) is 17.7 Å². The molecule has 3 rings (SSSR count). The van der Waals surface area contributed by atoms with E-state index >= 15 is 0 Å². The molecule has 0 aliphatic carbocycles. The Balaban J connectivity index is 2.14. The van der Waals surface area contributed by atoms with Gasteiger partial charge in [0.05, 0.1) is 21.3 Å². The van der Waals surface area contributed by atoms with Crippen LogP contribution in [0.4, 0.5) is 0 Å². The summed E-state index contributed by atoms with van der Waals surface area (Å²) in [5, 5.41) is 19.3. The van der Waals surface area contributed by atoms with Gasteiger partial charge in [-0.2, -0.15) is 5.26 Å². The molecule has 158 valence electrons. The van der Waals surface area contributed by atoms with E-state index in [4.69, 9.17) is 44.8 Å². The van der Waals surface area contributed by atoms with Gasteiger partial charge in [-0.05, 0) is 25.1 Å². The average Bonchev–Trinajstić information content (AvgIpc) is 2.73. The van der Waals surface area contributed by atoms with Crippen LogP contribution < -0.4 is 10.2 Å². The van der Waals surface area contributed by atoms with Gasteiger partial charge in [0.25, 0.3) is 0 Å². The third-order valence-electron chi connectivity index (χ3n) is 4.41. The lowest BCUT2D eigenvalue weighted by atomic mass is 10.0. The third kappa shape index (κ3) is 4.67. The minimum Gasteiger partial charge on any atom is -0.477 e. The number of nitrogens with zero attached hydrogens (tertiary/aromatic N) is 3. The summed E-state index contributed by atoms with van der Waals surface area (Å²) in [6.07, 6.45) is 1.48. The van der Waals surface area contributed by atoms with Crippen molar-refractivity contribution in [1.29, 1.82) is 5.26 Å². The molecule has 7 nitrogen and oxygen atoms in total. The molecule has 0 radical (unpaired) electrons. The van der Waals surface area contributed by atoms with Gasteiger partial charge in [0.1, 0.15) is 23.4 Å². The van der Waals surface area contributed by atoms with Crippen molar-refractivity contribution in [2.45, 2.75) is 20.1 Å². The van der Waals surface area contributed by atoms with E-state index in [1.165, 1.54) is 24.4 Å². The summed E-state index contributed by atoms with van der Waals surface area (Å²) in [5.74, 6) is -1.23. The second-order valence-corrected chi connectivity index (χ2v) is 7.50. The second-order valence-electron chi connectivity index (χ2n) is 6.33. The predicted octanol–water partition coefficient (Wildman–Crippen LogP) is 5.04. The molecule has 0 aliphatic heterocycles. The van der Waals surface area contributed by atoms with E-state index in [2.05, 4.69) is 4.98 Å². The summed E-state index contributed by atoms with van der Waals surface area (Å²) in [4.78, 5) is 28.5. The molecule has 0 saturated carbocycles. The van der Waals surface area contributed by atoms with Gasteiger partial charge < -0.3 is 14.4 Å². The number of pyridine rings is 2. The fourth-order valence-corrected chi connectivity index (χ4v) is 3.53. The molecule has 2 heterocycles. The molecule has 2 aromatic heterocycles. The van der Waals surface area contributed by atoms with E-state index in [-0.39, 0.29) is 38.9 Å². The first-order valence-corrected chi connectivity index (χ1v) is 10.0. The van der Waals surface area contributed by atoms with Gasteiger partial charge in [-0.1, -0.05) is 40.9 Å². The van der Waals surface area contributed by atoms with E-state index in [1.54, 1.807) is 17.6 Å².